The van der Waals surface area contributed by atoms with E-state index in [4.69, 9.17) is 16.3 Å². The lowest BCUT2D eigenvalue weighted by atomic mass is 10.1. The van der Waals surface area contributed by atoms with Gasteiger partial charge in [0.05, 0.1) is 19.2 Å². The Labute approximate surface area is 146 Å². The van der Waals surface area contributed by atoms with Crippen LogP contribution >= 0.6 is 11.6 Å². The fourth-order valence-corrected chi connectivity index (χ4v) is 2.35. The second-order valence-electron chi connectivity index (χ2n) is 5.15. The highest BCUT2D eigenvalue weighted by atomic mass is 35.5. The Balaban J connectivity index is 2.35. The predicted molar refractivity (Wildman–Crippen MR) is 95.9 cm³/mol. The van der Waals surface area contributed by atoms with Crippen LogP contribution < -0.4 is 4.90 Å². The molecule has 0 atom stereocenters. The molecule has 0 aliphatic rings. The van der Waals surface area contributed by atoms with E-state index in [-0.39, 0.29) is 12.5 Å². The quantitative estimate of drug-likeness (QED) is 0.610. The van der Waals surface area contributed by atoms with Crippen LogP contribution in [0.1, 0.15) is 12.5 Å². The molecule has 0 fully saturated rings. The van der Waals surface area contributed by atoms with Crippen LogP contribution in [0, 0.1) is 0 Å². The van der Waals surface area contributed by atoms with Crippen molar-refractivity contribution in [2.24, 2.45) is 0 Å². The Bertz CT molecular complexity index is 739. The summed E-state index contributed by atoms with van der Waals surface area (Å²) in [6.45, 7) is 1.58. The fraction of sp³-hybridized carbons (Fsp3) is 0.158. The number of hydrogen-bond acceptors (Lipinski definition) is 3. The number of rotatable bonds is 5. The van der Waals surface area contributed by atoms with Gasteiger partial charge in [0.15, 0.2) is 0 Å². The Morgan fingerprint density at radius 2 is 1.71 bits per heavy atom. The molecule has 0 heterocycles. The van der Waals surface area contributed by atoms with Gasteiger partial charge in [-0.15, -0.1) is 0 Å². The number of carbonyl (C=O) groups excluding carboxylic acids is 2. The molecule has 2 aromatic carbocycles. The first-order chi connectivity index (χ1) is 11.5. The summed E-state index contributed by atoms with van der Waals surface area (Å²) < 4.78 is 4.85. The van der Waals surface area contributed by atoms with Crippen molar-refractivity contribution in [3.8, 4) is 0 Å². The lowest BCUT2D eigenvalue weighted by Crippen LogP contribution is -2.32. The third kappa shape index (κ3) is 4.70. The summed E-state index contributed by atoms with van der Waals surface area (Å²) in [6, 6.07) is 16.3. The van der Waals surface area contributed by atoms with Crippen LogP contribution in [0.3, 0.4) is 0 Å². The van der Waals surface area contributed by atoms with Crippen molar-refractivity contribution >= 4 is 35.2 Å². The number of esters is 1. The molecular formula is C19H18ClNO3. The Morgan fingerprint density at radius 3 is 2.25 bits per heavy atom. The van der Waals surface area contributed by atoms with Gasteiger partial charge >= 0.3 is 5.97 Å². The number of carbonyl (C=O) groups is 2. The number of ether oxygens (including phenoxy) is 1. The summed E-state index contributed by atoms with van der Waals surface area (Å²) in [6.07, 6.45) is 1.70. The van der Waals surface area contributed by atoms with Crippen LogP contribution in [0.2, 0.25) is 5.02 Å². The molecule has 0 aliphatic carbocycles. The molecule has 0 bridgehead atoms. The van der Waals surface area contributed by atoms with Crippen molar-refractivity contribution in [3.63, 3.8) is 0 Å². The highest BCUT2D eigenvalue weighted by molar-refractivity contribution is 6.30. The molecule has 24 heavy (non-hydrogen) atoms. The molecule has 0 saturated heterocycles. The van der Waals surface area contributed by atoms with Crippen molar-refractivity contribution in [3.05, 3.63) is 70.8 Å². The molecule has 0 saturated carbocycles. The largest absolute Gasteiger partial charge is 0.466 e. The van der Waals surface area contributed by atoms with Crippen LogP contribution in [0.5, 0.6) is 0 Å². The molecule has 5 heteroatoms. The number of para-hydroxylation sites is 1. The third-order valence-electron chi connectivity index (χ3n) is 3.43. The molecular weight excluding hydrogens is 326 g/mol. The Hall–Kier alpha value is -2.59. The number of nitrogens with zero attached hydrogens (tertiary/aromatic N) is 1. The molecule has 0 N–H and O–H groups in total. The maximum absolute atomic E-state index is 12.1. The number of methoxy groups -OCH3 is 1. The first kappa shape index (κ1) is 17.8. The van der Waals surface area contributed by atoms with Gasteiger partial charge in [0.2, 0.25) is 5.91 Å². The van der Waals surface area contributed by atoms with Gasteiger partial charge in [-0.05, 0) is 35.9 Å². The maximum Gasteiger partial charge on any atom is 0.335 e. The zero-order valence-electron chi connectivity index (χ0n) is 13.5. The summed E-state index contributed by atoms with van der Waals surface area (Å²) in [5.74, 6) is -0.640. The maximum atomic E-state index is 12.1. The van der Waals surface area contributed by atoms with Gasteiger partial charge in [0.25, 0.3) is 0 Å². The molecule has 0 aromatic heterocycles. The Kier molecular flexibility index (Phi) is 6.15. The summed E-state index contributed by atoms with van der Waals surface area (Å²) in [4.78, 5) is 25.7. The van der Waals surface area contributed by atoms with E-state index >= 15 is 0 Å². The SMILES string of the molecule is COC(=O)/C(=C/c1ccc(Cl)cc1)CN(C(C)=O)c1ccccc1. The highest BCUT2D eigenvalue weighted by Crippen LogP contribution is 2.18. The molecule has 0 radical (unpaired) electrons. The monoisotopic (exact) mass is 343 g/mol. The number of amides is 1. The first-order valence-corrected chi connectivity index (χ1v) is 7.76. The number of halogens is 1. The molecule has 0 aliphatic heterocycles. The van der Waals surface area contributed by atoms with E-state index in [9.17, 15) is 9.59 Å². The van der Waals surface area contributed by atoms with E-state index in [1.54, 1.807) is 30.3 Å². The topological polar surface area (TPSA) is 46.6 Å². The van der Waals surface area contributed by atoms with Crippen molar-refractivity contribution in [2.75, 3.05) is 18.6 Å². The Morgan fingerprint density at radius 1 is 1.08 bits per heavy atom. The number of benzene rings is 2. The second-order valence-corrected chi connectivity index (χ2v) is 5.59. The second kappa shape index (κ2) is 8.31. The van der Waals surface area contributed by atoms with Gasteiger partial charge in [0.1, 0.15) is 0 Å². The summed E-state index contributed by atoms with van der Waals surface area (Å²) in [5.41, 5.74) is 1.89. The van der Waals surface area contributed by atoms with Gasteiger partial charge in [-0.1, -0.05) is 41.9 Å². The van der Waals surface area contributed by atoms with Crippen LogP contribution in [0.15, 0.2) is 60.2 Å². The molecule has 4 nitrogen and oxygen atoms in total. The van der Waals surface area contributed by atoms with E-state index in [0.29, 0.717) is 10.6 Å². The zero-order valence-corrected chi connectivity index (χ0v) is 14.3. The van der Waals surface area contributed by atoms with Gasteiger partial charge in [-0.2, -0.15) is 0 Å². The summed E-state index contributed by atoms with van der Waals surface area (Å²) >= 11 is 5.88. The summed E-state index contributed by atoms with van der Waals surface area (Å²) in [7, 11) is 1.32. The van der Waals surface area contributed by atoms with Crippen LogP contribution in [0.4, 0.5) is 5.69 Å². The minimum atomic E-state index is -0.480. The average molecular weight is 344 g/mol. The van der Waals surface area contributed by atoms with Crippen molar-refractivity contribution in [2.45, 2.75) is 6.92 Å². The van der Waals surface area contributed by atoms with E-state index in [1.807, 2.05) is 30.3 Å². The van der Waals surface area contributed by atoms with Crippen LogP contribution in [-0.2, 0) is 14.3 Å². The lowest BCUT2D eigenvalue weighted by Gasteiger charge is -2.22. The van der Waals surface area contributed by atoms with E-state index in [0.717, 1.165) is 11.3 Å². The van der Waals surface area contributed by atoms with Crippen LogP contribution in [-0.4, -0.2) is 25.5 Å². The molecule has 2 rings (SSSR count). The van der Waals surface area contributed by atoms with Crippen molar-refractivity contribution in [1.82, 2.24) is 0 Å². The average Bonchev–Trinajstić information content (AvgIpc) is 2.60. The minimum absolute atomic E-state index is 0.120. The van der Waals surface area contributed by atoms with Gasteiger partial charge < -0.3 is 9.64 Å². The minimum Gasteiger partial charge on any atom is -0.466 e. The smallest absolute Gasteiger partial charge is 0.335 e. The number of anilines is 1. The molecule has 2 aromatic rings. The van der Waals surface area contributed by atoms with E-state index in [1.165, 1.54) is 18.9 Å². The van der Waals surface area contributed by atoms with Gasteiger partial charge in [-0.3, -0.25) is 4.79 Å². The first-order valence-electron chi connectivity index (χ1n) is 7.39. The normalized spacial score (nSPS) is 11.0. The molecule has 124 valence electrons. The predicted octanol–water partition coefficient (Wildman–Crippen LogP) is 3.95. The van der Waals surface area contributed by atoms with E-state index in [2.05, 4.69) is 0 Å². The third-order valence-corrected chi connectivity index (χ3v) is 3.69. The number of hydrogen-bond donors (Lipinski definition) is 0. The fourth-order valence-electron chi connectivity index (χ4n) is 2.22. The van der Waals surface area contributed by atoms with Gasteiger partial charge in [0, 0.05) is 17.6 Å². The molecule has 1 amide bonds. The molecule has 0 unspecified atom stereocenters. The zero-order chi connectivity index (χ0) is 17.5. The van der Waals surface area contributed by atoms with Gasteiger partial charge in [-0.25, -0.2) is 4.79 Å². The lowest BCUT2D eigenvalue weighted by molar-refractivity contribution is -0.136. The highest BCUT2D eigenvalue weighted by Gasteiger charge is 2.18. The van der Waals surface area contributed by atoms with Crippen LogP contribution in [0.25, 0.3) is 6.08 Å². The van der Waals surface area contributed by atoms with E-state index < -0.39 is 5.97 Å². The van der Waals surface area contributed by atoms with Crippen molar-refractivity contribution < 1.29 is 14.3 Å². The summed E-state index contributed by atoms with van der Waals surface area (Å²) in [5, 5.41) is 0.612. The van der Waals surface area contributed by atoms with Crippen molar-refractivity contribution in [1.29, 1.82) is 0 Å². The standard InChI is InChI=1S/C19H18ClNO3/c1-14(22)21(18-6-4-3-5-7-18)13-16(19(23)24-2)12-15-8-10-17(20)11-9-15/h3-12H,13H2,1-2H3/b16-12+. The molecule has 0 spiro atoms.